The van der Waals surface area contributed by atoms with E-state index in [2.05, 4.69) is 19.2 Å². The molecule has 0 spiro atoms. The molecule has 2 aromatic carbocycles. The molecule has 0 aromatic heterocycles. The Hall–Kier alpha value is -3.02. The number of anilines is 1. The van der Waals surface area contributed by atoms with Crippen molar-refractivity contribution in [3.63, 3.8) is 0 Å². The van der Waals surface area contributed by atoms with Gasteiger partial charge in [0.1, 0.15) is 0 Å². The van der Waals surface area contributed by atoms with E-state index in [0.717, 1.165) is 19.5 Å². The molecule has 0 saturated carbocycles. The third-order valence-corrected chi connectivity index (χ3v) is 5.20. The lowest BCUT2D eigenvalue weighted by Crippen LogP contribution is -2.42. The largest absolute Gasteiger partial charge is 0.454 e. The monoisotopic (exact) mass is 380 g/mol. The van der Waals surface area contributed by atoms with Crippen LogP contribution in [0.1, 0.15) is 41.0 Å². The highest BCUT2D eigenvalue weighted by atomic mass is 16.7. The Kier molecular flexibility index (Phi) is 4.94. The molecule has 0 bridgehead atoms. The summed E-state index contributed by atoms with van der Waals surface area (Å²) in [6, 6.07) is 12.2. The normalized spacial score (nSPS) is 20.7. The second-order valence-electron chi connectivity index (χ2n) is 7.72. The Bertz CT molecular complexity index is 901. The predicted molar refractivity (Wildman–Crippen MR) is 106 cm³/mol. The van der Waals surface area contributed by atoms with Crippen LogP contribution in [-0.4, -0.2) is 36.6 Å². The first-order valence-electron chi connectivity index (χ1n) is 9.60. The predicted octanol–water partition coefficient (Wildman–Crippen LogP) is 3.79. The van der Waals surface area contributed by atoms with Gasteiger partial charge >= 0.3 is 0 Å². The number of fused-ring (bicyclic) bond motifs is 1. The van der Waals surface area contributed by atoms with E-state index in [1.807, 2.05) is 17.0 Å². The Balaban J connectivity index is 1.54. The average molecular weight is 380 g/mol. The van der Waals surface area contributed by atoms with Gasteiger partial charge in [-0.3, -0.25) is 9.59 Å². The third-order valence-electron chi connectivity index (χ3n) is 5.20. The molecular weight excluding hydrogens is 356 g/mol. The van der Waals surface area contributed by atoms with Crippen LogP contribution in [0.3, 0.4) is 0 Å². The van der Waals surface area contributed by atoms with E-state index >= 15 is 0 Å². The van der Waals surface area contributed by atoms with Gasteiger partial charge in [0, 0.05) is 18.7 Å². The summed E-state index contributed by atoms with van der Waals surface area (Å²) >= 11 is 0. The van der Waals surface area contributed by atoms with Gasteiger partial charge in [0.15, 0.2) is 11.5 Å². The van der Waals surface area contributed by atoms with Crippen LogP contribution in [-0.2, 0) is 0 Å². The molecule has 4 rings (SSSR count). The summed E-state index contributed by atoms with van der Waals surface area (Å²) in [6.45, 7) is 5.98. The lowest BCUT2D eigenvalue weighted by Gasteiger charge is -2.35. The Morgan fingerprint density at radius 2 is 1.71 bits per heavy atom. The maximum Gasteiger partial charge on any atom is 0.255 e. The number of piperidine rings is 1. The maximum atomic E-state index is 13.1. The smallest absolute Gasteiger partial charge is 0.255 e. The molecule has 0 unspecified atom stereocenters. The third kappa shape index (κ3) is 3.67. The zero-order valence-corrected chi connectivity index (χ0v) is 16.1. The summed E-state index contributed by atoms with van der Waals surface area (Å²) in [6.07, 6.45) is 1.13. The summed E-state index contributed by atoms with van der Waals surface area (Å²) in [5, 5.41) is 2.88. The summed E-state index contributed by atoms with van der Waals surface area (Å²) < 4.78 is 10.6. The molecular formula is C22H24N2O4. The van der Waals surface area contributed by atoms with Gasteiger partial charge in [-0.25, -0.2) is 0 Å². The molecule has 2 aliphatic heterocycles. The summed E-state index contributed by atoms with van der Waals surface area (Å²) in [5.74, 6) is 1.79. The van der Waals surface area contributed by atoms with E-state index in [4.69, 9.17) is 9.47 Å². The number of para-hydroxylation sites is 1. The highest BCUT2D eigenvalue weighted by Crippen LogP contribution is 2.33. The fourth-order valence-electron chi connectivity index (χ4n) is 4.01. The topological polar surface area (TPSA) is 67.9 Å². The van der Waals surface area contributed by atoms with Crippen molar-refractivity contribution in [2.45, 2.75) is 20.3 Å². The van der Waals surface area contributed by atoms with E-state index in [1.165, 1.54) is 0 Å². The number of hydrogen-bond acceptors (Lipinski definition) is 4. The number of likely N-dealkylation sites (tertiary alicyclic amines) is 1. The van der Waals surface area contributed by atoms with Crippen molar-refractivity contribution in [3.05, 3.63) is 53.6 Å². The molecule has 28 heavy (non-hydrogen) atoms. The van der Waals surface area contributed by atoms with E-state index in [9.17, 15) is 9.59 Å². The highest BCUT2D eigenvalue weighted by molar-refractivity contribution is 6.09. The molecule has 1 saturated heterocycles. The van der Waals surface area contributed by atoms with Crippen LogP contribution in [0, 0.1) is 11.8 Å². The first-order valence-corrected chi connectivity index (χ1v) is 9.60. The van der Waals surface area contributed by atoms with Crippen LogP contribution in [0.4, 0.5) is 5.69 Å². The number of nitrogens with one attached hydrogen (secondary N) is 1. The van der Waals surface area contributed by atoms with Crippen LogP contribution < -0.4 is 14.8 Å². The van der Waals surface area contributed by atoms with Gasteiger partial charge in [0.05, 0.1) is 11.3 Å². The van der Waals surface area contributed by atoms with Crippen molar-refractivity contribution in [2.75, 3.05) is 25.2 Å². The second kappa shape index (κ2) is 7.54. The number of ether oxygens (including phenoxy) is 2. The van der Waals surface area contributed by atoms with Crippen molar-refractivity contribution in [1.82, 2.24) is 4.90 Å². The molecule has 2 amide bonds. The minimum absolute atomic E-state index is 0.0417. The van der Waals surface area contributed by atoms with Crippen LogP contribution >= 0.6 is 0 Å². The average Bonchev–Trinajstić information content (AvgIpc) is 3.15. The summed E-state index contributed by atoms with van der Waals surface area (Å²) in [4.78, 5) is 27.8. The second-order valence-corrected chi connectivity index (χ2v) is 7.72. The number of carbonyl (C=O) groups excluding carboxylic acids is 2. The zero-order chi connectivity index (χ0) is 19.7. The van der Waals surface area contributed by atoms with Gasteiger partial charge in [-0.15, -0.1) is 0 Å². The molecule has 0 radical (unpaired) electrons. The summed E-state index contributed by atoms with van der Waals surface area (Å²) in [7, 11) is 0. The van der Waals surface area contributed by atoms with Crippen LogP contribution in [0.5, 0.6) is 11.5 Å². The van der Waals surface area contributed by atoms with E-state index in [1.54, 1.807) is 30.3 Å². The fraction of sp³-hybridized carbons (Fsp3) is 0.364. The quantitative estimate of drug-likeness (QED) is 0.880. The minimum Gasteiger partial charge on any atom is -0.454 e. The van der Waals surface area contributed by atoms with Crippen molar-refractivity contribution in [1.29, 1.82) is 0 Å². The first-order chi connectivity index (χ1) is 13.5. The van der Waals surface area contributed by atoms with E-state index in [0.29, 0.717) is 40.1 Å². The Morgan fingerprint density at radius 3 is 2.50 bits per heavy atom. The molecule has 2 heterocycles. The van der Waals surface area contributed by atoms with Gasteiger partial charge in [0.25, 0.3) is 11.8 Å². The molecule has 2 aliphatic rings. The maximum absolute atomic E-state index is 13.1. The SMILES string of the molecule is C[C@@H]1C[C@@H](C)CN(C(=O)c2ccccc2NC(=O)c2ccc3c(c2)OCO3)C1. The molecule has 2 aromatic rings. The molecule has 6 nitrogen and oxygen atoms in total. The fourth-order valence-corrected chi connectivity index (χ4v) is 4.01. The van der Waals surface area contributed by atoms with Crippen molar-refractivity contribution < 1.29 is 19.1 Å². The van der Waals surface area contributed by atoms with E-state index < -0.39 is 0 Å². The van der Waals surface area contributed by atoms with Crippen LogP contribution in [0.25, 0.3) is 0 Å². The number of benzene rings is 2. The van der Waals surface area contributed by atoms with Crippen molar-refractivity contribution in [3.8, 4) is 11.5 Å². The first kappa shape index (κ1) is 18.3. The minimum atomic E-state index is -0.293. The van der Waals surface area contributed by atoms with Crippen LogP contribution in [0.2, 0.25) is 0 Å². The van der Waals surface area contributed by atoms with E-state index in [-0.39, 0.29) is 18.6 Å². The number of rotatable bonds is 3. The Labute approximate surface area is 164 Å². The van der Waals surface area contributed by atoms with Gasteiger partial charge in [-0.1, -0.05) is 26.0 Å². The number of carbonyl (C=O) groups is 2. The lowest BCUT2D eigenvalue weighted by molar-refractivity contribution is 0.0624. The molecule has 0 aliphatic carbocycles. The highest BCUT2D eigenvalue weighted by Gasteiger charge is 2.27. The van der Waals surface area contributed by atoms with Crippen molar-refractivity contribution >= 4 is 17.5 Å². The van der Waals surface area contributed by atoms with Gasteiger partial charge in [-0.2, -0.15) is 0 Å². The lowest BCUT2D eigenvalue weighted by atomic mass is 9.91. The summed E-state index contributed by atoms with van der Waals surface area (Å²) in [5.41, 5.74) is 1.48. The van der Waals surface area contributed by atoms with Crippen LogP contribution in [0.15, 0.2) is 42.5 Å². The molecule has 6 heteroatoms. The number of amides is 2. The molecule has 146 valence electrons. The van der Waals surface area contributed by atoms with Gasteiger partial charge in [0.2, 0.25) is 6.79 Å². The molecule has 1 N–H and O–H groups in total. The number of hydrogen-bond donors (Lipinski definition) is 1. The molecule has 2 atom stereocenters. The zero-order valence-electron chi connectivity index (χ0n) is 16.1. The van der Waals surface area contributed by atoms with Gasteiger partial charge in [-0.05, 0) is 48.6 Å². The van der Waals surface area contributed by atoms with Gasteiger partial charge < -0.3 is 19.7 Å². The Morgan fingerprint density at radius 1 is 1.00 bits per heavy atom. The van der Waals surface area contributed by atoms with Crippen molar-refractivity contribution in [2.24, 2.45) is 11.8 Å². The number of nitrogens with zero attached hydrogens (tertiary/aromatic N) is 1. The molecule has 1 fully saturated rings. The standard InChI is InChI=1S/C22H24N2O4/c1-14-9-15(2)12-24(11-14)22(26)17-5-3-4-6-18(17)23-21(25)16-7-8-19-20(10-16)28-13-27-19/h3-8,10,14-15H,9,11-13H2,1-2H3,(H,23,25)/t14-,15-/m1/s1.